The lowest BCUT2D eigenvalue weighted by Crippen LogP contribution is -2.33. The highest BCUT2D eigenvalue weighted by atomic mass is 35.5. The number of anilines is 2. The molecule has 1 aliphatic rings. The van der Waals surface area contributed by atoms with Crippen LogP contribution in [0.5, 0.6) is 0 Å². The molecule has 0 unspecified atom stereocenters. The largest absolute Gasteiger partial charge is 0.434 e. The number of nitrogens with zero attached hydrogens (tertiary/aromatic N) is 2. The fraction of sp³-hybridized carbons (Fsp3) is 0.389. The van der Waals surface area contributed by atoms with Gasteiger partial charge in [-0.1, -0.05) is 29.3 Å². The van der Waals surface area contributed by atoms with E-state index in [2.05, 4.69) is 20.6 Å². The summed E-state index contributed by atoms with van der Waals surface area (Å²) in [5, 5.41) is 5.48. The summed E-state index contributed by atoms with van der Waals surface area (Å²) in [7, 11) is 0. The van der Waals surface area contributed by atoms with E-state index in [1.54, 1.807) is 6.07 Å². The van der Waals surface area contributed by atoms with Gasteiger partial charge in [-0.05, 0) is 30.9 Å². The molecule has 1 aliphatic heterocycles. The normalized spacial score (nSPS) is 15.2. The van der Waals surface area contributed by atoms with Crippen LogP contribution in [-0.4, -0.2) is 35.6 Å². The maximum Gasteiger partial charge on any atom is 0.434 e. The summed E-state index contributed by atoms with van der Waals surface area (Å²) >= 11 is 12.0. The van der Waals surface area contributed by atoms with Gasteiger partial charge in [0, 0.05) is 26.0 Å². The van der Waals surface area contributed by atoms with Crippen LogP contribution in [-0.2, 0) is 10.9 Å². The molecule has 0 atom stereocenters. The summed E-state index contributed by atoms with van der Waals surface area (Å²) < 4.78 is 45.8. The Morgan fingerprint density at radius 1 is 1.21 bits per heavy atom. The quantitative estimate of drug-likeness (QED) is 0.692. The summed E-state index contributed by atoms with van der Waals surface area (Å²) in [6, 6.07) is 4.61. The van der Waals surface area contributed by atoms with Crippen LogP contribution in [0.4, 0.5) is 24.8 Å². The Morgan fingerprint density at radius 2 is 1.86 bits per heavy atom. The summed E-state index contributed by atoms with van der Waals surface area (Å²) in [6.07, 6.45) is -2.54. The van der Waals surface area contributed by atoms with Gasteiger partial charge in [0.15, 0.2) is 5.69 Å². The van der Waals surface area contributed by atoms with Crippen LogP contribution in [0.2, 0.25) is 10.0 Å². The maximum absolute atomic E-state index is 13.5. The van der Waals surface area contributed by atoms with E-state index in [0.717, 1.165) is 19.0 Å². The number of rotatable bonds is 5. The van der Waals surface area contributed by atoms with E-state index in [1.165, 1.54) is 12.1 Å². The second-order valence-corrected chi connectivity index (χ2v) is 7.26. The van der Waals surface area contributed by atoms with Crippen molar-refractivity contribution < 1.29 is 22.7 Å². The number of ether oxygens (including phenoxy) is 1. The number of carbonyl (C=O) groups is 1. The number of benzene rings is 1. The van der Waals surface area contributed by atoms with E-state index in [0.29, 0.717) is 13.2 Å². The van der Waals surface area contributed by atoms with Gasteiger partial charge < -0.3 is 15.4 Å². The lowest BCUT2D eigenvalue weighted by Gasteiger charge is -2.22. The molecule has 0 radical (unpaired) electrons. The Hall–Kier alpha value is -2.10. The Morgan fingerprint density at radius 3 is 2.48 bits per heavy atom. The molecule has 11 heteroatoms. The Labute approximate surface area is 174 Å². The van der Waals surface area contributed by atoms with Crippen LogP contribution in [0, 0.1) is 5.92 Å². The molecule has 2 aromatic rings. The van der Waals surface area contributed by atoms with Crippen LogP contribution in [0.15, 0.2) is 24.4 Å². The zero-order valence-electron chi connectivity index (χ0n) is 15.0. The van der Waals surface area contributed by atoms with E-state index < -0.39 is 23.3 Å². The predicted molar refractivity (Wildman–Crippen MR) is 103 cm³/mol. The van der Waals surface area contributed by atoms with Crippen molar-refractivity contribution >= 4 is 40.7 Å². The molecule has 6 nitrogen and oxygen atoms in total. The van der Waals surface area contributed by atoms with E-state index in [9.17, 15) is 18.0 Å². The van der Waals surface area contributed by atoms with Gasteiger partial charge in [0.2, 0.25) is 5.95 Å². The van der Waals surface area contributed by atoms with E-state index >= 15 is 0 Å². The highest BCUT2D eigenvalue weighted by Gasteiger charge is 2.38. The van der Waals surface area contributed by atoms with Crippen LogP contribution >= 0.6 is 23.2 Å². The molecule has 0 saturated carbocycles. The minimum Gasteiger partial charge on any atom is -0.381 e. The number of halogens is 5. The Kier molecular flexibility index (Phi) is 6.81. The first-order valence-electron chi connectivity index (χ1n) is 8.77. The van der Waals surface area contributed by atoms with Gasteiger partial charge in [0.1, 0.15) is 0 Å². The Bertz CT molecular complexity index is 870. The molecule has 156 valence electrons. The third-order valence-electron chi connectivity index (χ3n) is 4.39. The number of para-hydroxylation sites is 1. The molecule has 2 heterocycles. The van der Waals surface area contributed by atoms with E-state index in [1.807, 2.05) is 0 Å². The standard InChI is InChI=1S/C18H17Cl2F3N4O2/c19-12-2-1-3-13(20)14(12)26-17-25-9-11(15(27-17)18(21,22)23)16(28)24-8-10-4-6-29-7-5-10/h1-3,9-10H,4-8H2,(H,24,28)(H,25,26,27). The number of hydrogen-bond acceptors (Lipinski definition) is 5. The predicted octanol–water partition coefficient (Wildman–Crippen LogP) is 4.70. The number of carbonyl (C=O) groups excluding carboxylic acids is 1. The smallest absolute Gasteiger partial charge is 0.381 e. The van der Waals surface area contributed by atoms with E-state index in [-0.39, 0.29) is 34.1 Å². The van der Waals surface area contributed by atoms with E-state index in [4.69, 9.17) is 27.9 Å². The molecule has 1 saturated heterocycles. The van der Waals surface area contributed by atoms with Crippen molar-refractivity contribution in [3.05, 3.63) is 45.7 Å². The second kappa shape index (κ2) is 9.15. The first-order valence-corrected chi connectivity index (χ1v) is 9.52. The van der Waals surface area contributed by atoms with Crippen molar-refractivity contribution in [2.75, 3.05) is 25.1 Å². The van der Waals surface area contributed by atoms with Gasteiger partial charge in [0.05, 0.1) is 21.3 Å². The van der Waals surface area contributed by atoms with Crippen LogP contribution in [0.3, 0.4) is 0 Å². The number of amides is 1. The molecular formula is C18H17Cl2F3N4O2. The maximum atomic E-state index is 13.5. The van der Waals surface area contributed by atoms with Gasteiger partial charge in [0.25, 0.3) is 5.91 Å². The average molecular weight is 449 g/mol. The zero-order valence-corrected chi connectivity index (χ0v) is 16.5. The minimum absolute atomic E-state index is 0.159. The van der Waals surface area contributed by atoms with Crippen LogP contribution < -0.4 is 10.6 Å². The molecule has 29 heavy (non-hydrogen) atoms. The third kappa shape index (κ3) is 5.49. The van der Waals surface area contributed by atoms with Crippen molar-refractivity contribution in [2.24, 2.45) is 5.92 Å². The molecule has 0 bridgehead atoms. The number of alkyl halides is 3. The summed E-state index contributed by atoms with van der Waals surface area (Å²) in [4.78, 5) is 19.7. The second-order valence-electron chi connectivity index (χ2n) is 6.44. The molecule has 1 aromatic carbocycles. The number of hydrogen-bond donors (Lipinski definition) is 2. The zero-order chi connectivity index (χ0) is 21.0. The molecule has 3 rings (SSSR count). The first-order chi connectivity index (χ1) is 13.8. The van der Waals surface area contributed by atoms with Crippen LogP contribution in [0.25, 0.3) is 0 Å². The van der Waals surface area contributed by atoms with Crippen molar-refractivity contribution in [1.29, 1.82) is 0 Å². The molecule has 0 spiro atoms. The summed E-state index contributed by atoms with van der Waals surface area (Å²) in [6.45, 7) is 1.40. The van der Waals surface area contributed by atoms with Crippen molar-refractivity contribution in [2.45, 2.75) is 19.0 Å². The molecule has 1 fully saturated rings. The molecule has 0 aliphatic carbocycles. The topological polar surface area (TPSA) is 76.1 Å². The van der Waals surface area contributed by atoms with Crippen molar-refractivity contribution in [3.8, 4) is 0 Å². The fourth-order valence-electron chi connectivity index (χ4n) is 2.84. The average Bonchev–Trinajstić information content (AvgIpc) is 2.69. The third-order valence-corrected chi connectivity index (χ3v) is 5.02. The van der Waals surface area contributed by atoms with Gasteiger partial charge >= 0.3 is 6.18 Å². The minimum atomic E-state index is -4.85. The monoisotopic (exact) mass is 448 g/mol. The molecule has 1 amide bonds. The number of aromatic nitrogens is 2. The SMILES string of the molecule is O=C(NCC1CCOCC1)c1cnc(Nc2c(Cl)cccc2Cl)nc1C(F)(F)F. The van der Waals surface area contributed by atoms with Gasteiger partial charge in [-0.3, -0.25) is 4.79 Å². The molecule has 2 N–H and O–H groups in total. The number of nitrogens with one attached hydrogen (secondary N) is 2. The van der Waals surface area contributed by atoms with Gasteiger partial charge in [-0.15, -0.1) is 0 Å². The summed E-state index contributed by atoms with van der Waals surface area (Å²) in [5.74, 6) is -1.11. The lowest BCUT2D eigenvalue weighted by molar-refractivity contribution is -0.141. The van der Waals surface area contributed by atoms with Crippen molar-refractivity contribution in [1.82, 2.24) is 15.3 Å². The van der Waals surface area contributed by atoms with Gasteiger partial charge in [-0.25, -0.2) is 9.97 Å². The van der Waals surface area contributed by atoms with Gasteiger partial charge in [-0.2, -0.15) is 13.2 Å². The van der Waals surface area contributed by atoms with Crippen LogP contribution in [0.1, 0.15) is 28.9 Å². The van der Waals surface area contributed by atoms with Crippen molar-refractivity contribution in [3.63, 3.8) is 0 Å². The summed E-state index contributed by atoms with van der Waals surface area (Å²) in [5.41, 5.74) is -1.83. The first kappa shape index (κ1) is 21.6. The molecular weight excluding hydrogens is 432 g/mol. The Balaban J connectivity index is 1.81. The fourth-order valence-corrected chi connectivity index (χ4v) is 3.33. The highest BCUT2D eigenvalue weighted by molar-refractivity contribution is 6.39. The molecule has 1 aromatic heterocycles. The highest BCUT2D eigenvalue weighted by Crippen LogP contribution is 2.34. The lowest BCUT2D eigenvalue weighted by atomic mass is 10.0.